The van der Waals surface area contributed by atoms with Crippen LogP contribution in [0, 0.1) is 0 Å². The molecule has 0 amide bonds. The standard InChI is InChI=1S/C15H26N4/c1-11-10-19(15(3,4)5)12(2)9-18(11)13-6-7-14(16)17-8-13/h6-8,11-12H,9-10H2,1-5H3,(H2,16,17)/t11-,12+/m1/s1. The summed E-state index contributed by atoms with van der Waals surface area (Å²) in [6.45, 7) is 13.6. The molecule has 4 nitrogen and oxygen atoms in total. The smallest absolute Gasteiger partial charge is 0.123 e. The number of piperazine rings is 1. The summed E-state index contributed by atoms with van der Waals surface area (Å²) >= 11 is 0. The molecule has 0 unspecified atom stereocenters. The van der Waals surface area contributed by atoms with Crippen molar-refractivity contribution >= 4 is 11.5 Å². The van der Waals surface area contributed by atoms with E-state index in [1.54, 1.807) is 0 Å². The zero-order valence-corrected chi connectivity index (χ0v) is 12.7. The molecule has 0 radical (unpaired) electrons. The summed E-state index contributed by atoms with van der Waals surface area (Å²) in [5, 5.41) is 0. The zero-order chi connectivity index (χ0) is 14.2. The van der Waals surface area contributed by atoms with Gasteiger partial charge in [-0.2, -0.15) is 0 Å². The third-order valence-electron chi connectivity index (χ3n) is 3.95. The Morgan fingerprint density at radius 3 is 2.37 bits per heavy atom. The van der Waals surface area contributed by atoms with Crippen LogP contribution in [0.15, 0.2) is 18.3 Å². The molecule has 2 N–H and O–H groups in total. The van der Waals surface area contributed by atoms with Crippen LogP contribution in [0.2, 0.25) is 0 Å². The van der Waals surface area contributed by atoms with Crippen LogP contribution in [0.4, 0.5) is 11.5 Å². The summed E-state index contributed by atoms with van der Waals surface area (Å²) in [6.07, 6.45) is 1.88. The van der Waals surface area contributed by atoms with Gasteiger partial charge in [-0.25, -0.2) is 4.98 Å². The maximum Gasteiger partial charge on any atom is 0.123 e. The number of hydrogen-bond acceptors (Lipinski definition) is 4. The average molecular weight is 262 g/mol. The van der Waals surface area contributed by atoms with Gasteiger partial charge in [0.1, 0.15) is 5.82 Å². The minimum absolute atomic E-state index is 0.221. The normalized spacial score (nSPS) is 25.6. The van der Waals surface area contributed by atoms with Crippen LogP contribution < -0.4 is 10.6 Å². The summed E-state index contributed by atoms with van der Waals surface area (Å²) in [6, 6.07) is 4.97. The van der Waals surface area contributed by atoms with Crippen molar-refractivity contribution in [3.8, 4) is 0 Å². The number of pyridine rings is 1. The van der Waals surface area contributed by atoms with Crippen molar-refractivity contribution < 1.29 is 0 Å². The van der Waals surface area contributed by atoms with E-state index in [9.17, 15) is 0 Å². The summed E-state index contributed by atoms with van der Waals surface area (Å²) < 4.78 is 0. The lowest BCUT2D eigenvalue weighted by molar-refractivity contribution is 0.0653. The van der Waals surface area contributed by atoms with E-state index in [4.69, 9.17) is 5.73 Å². The van der Waals surface area contributed by atoms with Crippen molar-refractivity contribution in [2.45, 2.75) is 52.2 Å². The van der Waals surface area contributed by atoms with E-state index >= 15 is 0 Å². The zero-order valence-electron chi connectivity index (χ0n) is 12.7. The second-order valence-corrected chi connectivity index (χ2v) is 6.61. The maximum atomic E-state index is 5.66. The summed E-state index contributed by atoms with van der Waals surface area (Å²) in [4.78, 5) is 9.22. The van der Waals surface area contributed by atoms with Crippen LogP contribution in [-0.2, 0) is 0 Å². The SMILES string of the molecule is C[C@@H]1CN(C(C)(C)C)[C@@H](C)CN1c1ccc(N)nc1. The second-order valence-electron chi connectivity index (χ2n) is 6.61. The Morgan fingerprint density at radius 1 is 1.16 bits per heavy atom. The number of nitrogens with zero attached hydrogens (tertiary/aromatic N) is 3. The molecule has 0 bridgehead atoms. The van der Waals surface area contributed by atoms with E-state index in [0.29, 0.717) is 17.9 Å². The molecular formula is C15H26N4. The molecule has 1 aliphatic heterocycles. The van der Waals surface area contributed by atoms with Crippen LogP contribution in [0.3, 0.4) is 0 Å². The first-order valence-electron chi connectivity index (χ1n) is 7.04. The van der Waals surface area contributed by atoms with Gasteiger partial charge in [0.2, 0.25) is 0 Å². The molecule has 106 valence electrons. The highest BCUT2D eigenvalue weighted by molar-refractivity contribution is 5.49. The minimum Gasteiger partial charge on any atom is -0.384 e. The number of anilines is 2. The summed E-state index contributed by atoms with van der Waals surface area (Å²) in [7, 11) is 0. The van der Waals surface area contributed by atoms with E-state index in [1.165, 1.54) is 5.69 Å². The summed E-state index contributed by atoms with van der Waals surface area (Å²) in [5.74, 6) is 0.581. The van der Waals surface area contributed by atoms with Gasteiger partial charge in [-0.3, -0.25) is 4.90 Å². The quantitative estimate of drug-likeness (QED) is 0.844. The molecule has 0 aliphatic carbocycles. The van der Waals surface area contributed by atoms with E-state index in [0.717, 1.165) is 13.1 Å². The lowest BCUT2D eigenvalue weighted by atomic mass is 9.98. The van der Waals surface area contributed by atoms with Gasteiger partial charge >= 0.3 is 0 Å². The van der Waals surface area contributed by atoms with Crippen LogP contribution in [0.5, 0.6) is 0 Å². The lowest BCUT2D eigenvalue weighted by Gasteiger charge is -2.50. The molecule has 19 heavy (non-hydrogen) atoms. The molecule has 2 heterocycles. The van der Waals surface area contributed by atoms with Crippen molar-refractivity contribution in [2.75, 3.05) is 23.7 Å². The molecule has 1 fully saturated rings. The lowest BCUT2D eigenvalue weighted by Crippen LogP contribution is -2.61. The van der Waals surface area contributed by atoms with Crippen molar-refractivity contribution in [1.29, 1.82) is 0 Å². The van der Waals surface area contributed by atoms with Crippen LogP contribution >= 0.6 is 0 Å². The van der Waals surface area contributed by atoms with Gasteiger partial charge in [0, 0.05) is 30.7 Å². The van der Waals surface area contributed by atoms with Crippen LogP contribution in [0.25, 0.3) is 0 Å². The van der Waals surface area contributed by atoms with Gasteiger partial charge in [-0.1, -0.05) is 0 Å². The van der Waals surface area contributed by atoms with E-state index in [2.05, 4.69) is 55.5 Å². The van der Waals surface area contributed by atoms with Crippen molar-refractivity contribution in [2.24, 2.45) is 0 Å². The largest absolute Gasteiger partial charge is 0.384 e. The highest BCUT2D eigenvalue weighted by Crippen LogP contribution is 2.27. The third-order valence-corrected chi connectivity index (χ3v) is 3.95. The van der Waals surface area contributed by atoms with Gasteiger partial charge in [-0.15, -0.1) is 0 Å². The first kappa shape index (κ1) is 14.1. The maximum absolute atomic E-state index is 5.66. The number of rotatable bonds is 1. The number of aromatic nitrogens is 1. The van der Waals surface area contributed by atoms with Gasteiger partial charge in [0.05, 0.1) is 11.9 Å². The Kier molecular flexibility index (Phi) is 3.72. The highest BCUT2D eigenvalue weighted by Gasteiger charge is 2.34. The molecular weight excluding hydrogens is 236 g/mol. The topological polar surface area (TPSA) is 45.4 Å². The molecule has 1 aromatic heterocycles. The molecule has 2 rings (SSSR count). The molecule has 1 aromatic rings. The molecule has 4 heteroatoms. The van der Waals surface area contributed by atoms with E-state index < -0.39 is 0 Å². The number of nitrogens with two attached hydrogens (primary N) is 1. The molecule has 2 atom stereocenters. The predicted octanol–water partition coefficient (Wildman–Crippen LogP) is 2.36. The van der Waals surface area contributed by atoms with Gasteiger partial charge in [0.15, 0.2) is 0 Å². The molecule has 1 saturated heterocycles. The Morgan fingerprint density at radius 2 is 1.84 bits per heavy atom. The average Bonchev–Trinajstić information content (AvgIpc) is 2.31. The molecule has 0 saturated carbocycles. The number of nitrogen functional groups attached to an aromatic ring is 1. The fourth-order valence-electron chi connectivity index (χ4n) is 2.99. The van der Waals surface area contributed by atoms with Crippen LogP contribution in [0.1, 0.15) is 34.6 Å². The minimum atomic E-state index is 0.221. The van der Waals surface area contributed by atoms with E-state index in [1.807, 2.05) is 12.3 Å². The van der Waals surface area contributed by atoms with Gasteiger partial charge in [0.25, 0.3) is 0 Å². The summed E-state index contributed by atoms with van der Waals surface area (Å²) in [5.41, 5.74) is 7.05. The van der Waals surface area contributed by atoms with Crippen molar-refractivity contribution in [1.82, 2.24) is 9.88 Å². The molecule has 1 aliphatic rings. The Hall–Kier alpha value is -1.29. The third kappa shape index (κ3) is 3.00. The Labute approximate surface area is 116 Å². The van der Waals surface area contributed by atoms with Crippen LogP contribution in [-0.4, -0.2) is 40.6 Å². The van der Waals surface area contributed by atoms with Gasteiger partial charge < -0.3 is 10.6 Å². The Balaban J connectivity index is 2.16. The van der Waals surface area contributed by atoms with Crippen molar-refractivity contribution in [3.63, 3.8) is 0 Å². The first-order valence-corrected chi connectivity index (χ1v) is 7.04. The number of hydrogen-bond donors (Lipinski definition) is 1. The van der Waals surface area contributed by atoms with Gasteiger partial charge in [-0.05, 0) is 46.8 Å². The van der Waals surface area contributed by atoms with Crippen molar-refractivity contribution in [3.05, 3.63) is 18.3 Å². The first-order chi connectivity index (χ1) is 8.79. The fourth-order valence-corrected chi connectivity index (χ4v) is 2.99. The fraction of sp³-hybridized carbons (Fsp3) is 0.667. The highest BCUT2D eigenvalue weighted by atomic mass is 15.3. The molecule has 0 aromatic carbocycles. The second kappa shape index (κ2) is 5.00. The Bertz CT molecular complexity index is 421. The predicted molar refractivity (Wildman–Crippen MR) is 81.4 cm³/mol. The van der Waals surface area contributed by atoms with E-state index in [-0.39, 0.29) is 5.54 Å². The monoisotopic (exact) mass is 262 g/mol. The molecule has 0 spiro atoms.